The van der Waals surface area contributed by atoms with Crippen LogP contribution in [0.5, 0.6) is 11.5 Å². The van der Waals surface area contributed by atoms with Crippen molar-refractivity contribution in [3.05, 3.63) is 59.7 Å². The van der Waals surface area contributed by atoms with Crippen molar-refractivity contribution in [2.24, 2.45) is 4.99 Å². The Balaban J connectivity index is 1.82. The molecule has 0 bridgehead atoms. The molecule has 2 aromatic carbocycles. The number of aliphatic imine (C=N–C) groups is 1. The Morgan fingerprint density at radius 2 is 1.79 bits per heavy atom. The van der Waals surface area contributed by atoms with Gasteiger partial charge in [-0.05, 0) is 37.1 Å². The number of hydrogen-bond donors (Lipinski definition) is 2. The van der Waals surface area contributed by atoms with Crippen LogP contribution in [0.25, 0.3) is 0 Å². The minimum Gasteiger partial charge on any atom is -0.497 e. The van der Waals surface area contributed by atoms with Gasteiger partial charge in [0.05, 0.1) is 20.3 Å². The van der Waals surface area contributed by atoms with Crippen molar-refractivity contribution in [1.82, 2.24) is 10.6 Å². The van der Waals surface area contributed by atoms with Gasteiger partial charge in [-0.3, -0.25) is 4.99 Å². The molecule has 6 heteroatoms. The summed E-state index contributed by atoms with van der Waals surface area (Å²) in [6.07, 6.45) is -0.0316. The van der Waals surface area contributed by atoms with Gasteiger partial charge in [-0.15, -0.1) is 0 Å². The van der Waals surface area contributed by atoms with Gasteiger partial charge < -0.3 is 24.8 Å². The molecule has 0 spiro atoms. The number of benzene rings is 2. The lowest BCUT2D eigenvalue weighted by Crippen LogP contribution is -2.41. The number of nitrogens with zero attached hydrogens (tertiary/aromatic N) is 1. The maximum Gasteiger partial charge on any atom is 0.191 e. The van der Waals surface area contributed by atoms with E-state index in [2.05, 4.69) is 27.8 Å². The SMILES string of the molecule is CCOCc1ccccc1CNC(=NC)NCC(C)Oc1cccc(OC)c1. The summed E-state index contributed by atoms with van der Waals surface area (Å²) in [6.45, 7) is 6.63. The lowest BCUT2D eigenvalue weighted by atomic mass is 10.1. The molecular weight excluding hydrogens is 354 g/mol. The van der Waals surface area contributed by atoms with Crippen molar-refractivity contribution >= 4 is 5.96 Å². The van der Waals surface area contributed by atoms with Gasteiger partial charge in [0.25, 0.3) is 0 Å². The Morgan fingerprint density at radius 1 is 1.04 bits per heavy atom. The number of nitrogens with one attached hydrogen (secondary N) is 2. The molecule has 0 saturated carbocycles. The third-order valence-corrected chi connectivity index (χ3v) is 4.19. The molecule has 0 aliphatic carbocycles. The molecule has 1 unspecified atom stereocenters. The van der Waals surface area contributed by atoms with Crippen LogP contribution in [0.2, 0.25) is 0 Å². The smallest absolute Gasteiger partial charge is 0.191 e. The minimum atomic E-state index is -0.0316. The van der Waals surface area contributed by atoms with Crippen molar-refractivity contribution in [3.8, 4) is 11.5 Å². The van der Waals surface area contributed by atoms with Crippen molar-refractivity contribution in [3.63, 3.8) is 0 Å². The van der Waals surface area contributed by atoms with Gasteiger partial charge in [-0.2, -0.15) is 0 Å². The van der Waals surface area contributed by atoms with Crippen molar-refractivity contribution < 1.29 is 14.2 Å². The summed E-state index contributed by atoms with van der Waals surface area (Å²) in [6, 6.07) is 15.9. The van der Waals surface area contributed by atoms with E-state index in [1.165, 1.54) is 11.1 Å². The first-order valence-electron chi connectivity index (χ1n) is 9.56. The number of ether oxygens (including phenoxy) is 3. The largest absolute Gasteiger partial charge is 0.497 e. The van der Waals surface area contributed by atoms with E-state index >= 15 is 0 Å². The third kappa shape index (κ3) is 7.12. The van der Waals surface area contributed by atoms with Crippen LogP contribution in [0.15, 0.2) is 53.5 Å². The molecule has 0 amide bonds. The number of rotatable bonds is 10. The van der Waals surface area contributed by atoms with E-state index in [1.54, 1.807) is 14.2 Å². The lowest BCUT2D eigenvalue weighted by molar-refractivity contribution is 0.133. The Bertz CT molecular complexity index is 749. The summed E-state index contributed by atoms with van der Waals surface area (Å²) in [4.78, 5) is 4.29. The maximum atomic E-state index is 5.94. The average Bonchev–Trinajstić information content (AvgIpc) is 2.73. The van der Waals surface area contributed by atoms with Gasteiger partial charge in [-0.1, -0.05) is 30.3 Å². The molecule has 0 saturated heterocycles. The molecule has 152 valence electrons. The van der Waals surface area contributed by atoms with Crippen molar-refractivity contribution in [2.75, 3.05) is 27.3 Å². The number of hydrogen-bond acceptors (Lipinski definition) is 4. The Morgan fingerprint density at radius 3 is 2.50 bits per heavy atom. The van der Waals surface area contributed by atoms with Gasteiger partial charge in [0.1, 0.15) is 17.6 Å². The zero-order chi connectivity index (χ0) is 20.2. The van der Waals surface area contributed by atoms with Crippen molar-refractivity contribution in [1.29, 1.82) is 0 Å². The topological polar surface area (TPSA) is 64.1 Å². The minimum absolute atomic E-state index is 0.0316. The predicted octanol–water partition coefficient (Wildman–Crippen LogP) is 3.36. The summed E-state index contributed by atoms with van der Waals surface area (Å²) in [5.74, 6) is 2.29. The van der Waals surface area contributed by atoms with Crippen LogP contribution in [-0.2, 0) is 17.9 Å². The van der Waals surface area contributed by atoms with E-state index in [1.807, 2.05) is 50.2 Å². The van der Waals surface area contributed by atoms with Crippen LogP contribution in [0.4, 0.5) is 0 Å². The summed E-state index contributed by atoms with van der Waals surface area (Å²) >= 11 is 0. The second kappa shape index (κ2) is 11.9. The van der Waals surface area contributed by atoms with E-state index in [4.69, 9.17) is 14.2 Å². The lowest BCUT2D eigenvalue weighted by Gasteiger charge is -2.18. The number of guanidine groups is 1. The van der Waals surface area contributed by atoms with Crippen molar-refractivity contribution in [2.45, 2.75) is 33.1 Å². The second-order valence-corrected chi connectivity index (χ2v) is 6.32. The van der Waals surface area contributed by atoms with Crippen LogP contribution in [-0.4, -0.2) is 39.4 Å². The highest BCUT2D eigenvalue weighted by Gasteiger charge is 2.08. The first kappa shape index (κ1) is 21.6. The van der Waals surface area contributed by atoms with E-state index in [0.29, 0.717) is 26.3 Å². The molecular formula is C22H31N3O3. The van der Waals surface area contributed by atoms with Gasteiger partial charge in [0.2, 0.25) is 0 Å². The molecule has 2 N–H and O–H groups in total. The van der Waals surface area contributed by atoms with Gasteiger partial charge in [0, 0.05) is 26.3 Å². The third-order valence-electron chi connectivity index (χ3n) is 4.19. The molecule has 2 rings (SSSR count). The van der Waals surface area contributed by atoms with Gasteiger partial charge in [-0.25, -0.2) is 0 Å². The molecule has 0 aliphatic heterocycles. The zero-order valence-electron chi connectivity index (χ0n) is 17.2. The molecule has 0 heterocycles. The van der Waals surface area contributed by atoms with Gasteiger partial charge >= 0.3 is 0 Å². The summed E-state index contributed by atoms with van der Waals surface area (Å²) < 4.78 is 16.7. The molecule has 0 fully saturated rings. The molecule has 28 heavy (non-hydrogen) atoms. The molecule has 1 atom stereocenters. The predicted molar refractivity (Wildman–Crippen MR) is 113 cm³/mol. The Kier molecular flexibility index (Phi) is 9.15. The zero-order valence-corrected chi connectivity index (χ0v) is 17.2. The second-order valence-electron chi connectivity index (χ2n) is 6.32. The Hall–Kier alpha value is -2.73. The van der Waals surface area contributed by atoms with Crippen LogP contribution < -0.4 is 20.1 Å². The fourth-order valence-electron chi connectivity index (χ4n) is 2.67. The average molecular weight is 386 g/mol. The molecule has 2 aromatic rings. The Labute approximate surface area is 167 Å². The highest BCUT2D eigenvalue weighted by molar-refractivity contribution is 5.79. The highest BCUT2D eigenvalue weighted by atomic mass is 16.5. The van der Waals surface area contributed by atoms with E-state index < -0.39 is 0 Å². The molecule has 6 nitrogen and oxygen atoms in total. The number of methoxy groups -OCH3 is 1. The standard InChI is InChI=1S/C22H31N3O3/c1-5-27-16-19-10-7-6-9-18(19)15-25-22(23-3)24-14-17(2)28-21-12-8-11-20(13-21)26-4/h6-13,17H,5,14-16H2,1-4H3,(H2,23,24,25). The van der Waals surface area contributed by atoms with Gasteiger partial charge in [0.15, 0.2) is 5.96 Å². The van der Waals surface area contributed by atoms with E-state index in [9.17, 15) is 0 Å². The fourth-order valence-corrected chi connectivity index (χ4v) is 2.67. The monoisotopic (exact) mass is 385 g/mol. The maximum absolute atomic E-state index is 5.94. The normalized spacial score (nSPS) is 12.4. The summed E-state index contributed by atoms with van der Waals surface area (Å²) in [7, 11) is 3.40. The molecule has 0 aromatic heterocycles. The van der Waals surface area contributed by atoms with E-state index in [-0.39, 0.29) is 6.10 Å². The summed E-state index contributed by atoms with van der Waals surface area (Å²) in [5.41, 5.74) is 2.38. The summed E-state index contributed by atoms with van der Waals surface area (Å²) in [5, 5.41) is 6.65. The molecule has 0 radical (unpaired) electrons. The van der Waals surface area contributed by atoms with Crippen LogP contribution in [0.1, 0.15) is 25.0 Å². The quantitative estimate of drug-likeness (QED) is 0.485. The van der Waals surface area contributed by atoms with E-state index in [0.717, 1.165) is 17.5 Å². The van der Waals surface area contributed by atoms with Crippen LogP contribution in [0.3, 0.4) is 0 Å². The van der Waals surface area contributed by atoms with Crippen LogP contribution >= 0.6 is 0 Å². The van der Waals surface area contributed by atoms with Crippen LogP contribution in [0, 0.1) is 0 Å². The first-order valence-corrected chi connectivity index (χ1v) is 9.56. The molecule has 0 aliphatic rings. The first-order chi connectivity index (χ1) is 13.7. The highest BCUT2D eigenvalue weighted by Crippen LogP contribution is 2.19. The fraction of sp³-hybridized carbons (Fsp3) is 0.409.